The molecule has 0 saturated carbocycles. The highest BCUT2D eigenvalue weighted by Crippen LogP contribution is 2.16. The minimum Gasteiger partial charge on any atom is -0.373 e. The summed E-state index contributed by atoms with van der Waals surface area (Å²) < 4.78 is 0. The van der Waals surface area contributed by atoms with Crippen LogP contribution in [0.15, 0.2) is 12.1 Å². The van der Waals surface area contributed by atoms with Crippen molar-refractivity contribution < 1.29 is 4.79 Å². The van der Waals surface area contributed by atoms with Gasteiger partial charge in [0, 0.05) is 32.2 Å². The zero-order chi connectivity index (χ0) is 16.0. The smallest absolute Gasteiger partial charge is 0.271 e. The predicted octanol–water partition coefficient (Wildman–Crippen LogP) is 2.63. The molecule has 1 heterocycles. The van der Waals surface area contributed by atoms with Gasteiger partial charge in [0.15, 0.2) is 0 Å². The number of carbonyl (C=O) groups is 1. The van der Waals surface area contributed by atoms with E-state index >= 15 is 0 Å². The Balaban J connectivity index is 2.62. The lowest BCUT2D eigenvalue weighted by molar-refractivity contribution is 0.0935. The molecule has 5 nitrogen and oxygen atoms in total. The number of pyridine rings is 1. The number of hydrogen-bond donors (Lipinski definition) is 2. The van der Waals surface area contributed by atoms with E-state index in [2.05, 4.69) is 48.2 Å². The van der Waals surface area contributed by atoms with Crippen molar-refractivity contribution in [1.29, 1.82) is 0 Å². The van der Waals surface area contributed by atoms with Gasteiger partial charge in [-0.05, 0) is 39.8 Å². The lowest BCUT2D eigenvalue weighted by Gasteiger charge is -2.30. The molecule has 2 N–H and O–H groups in total. The lowest BCUT2D eigenvalue weighted by Crippen LogP contribution is -2.42. The van der Waals surface area contributed by atoms with Crippen molar-refractivity contribution in [2.75, 3.05) is 25.5 Å². The summed E-state index contributed by atoms with van der Waals surface area (Å²) in [6.45, 7) is 9.96. The molecule has 0 spiro atoms. The van der Waals surface area contributed by atoms with Gasteiger partial charge in [0.25, 0.3) is 5.91 Å². The highest BCUT2D eigenvalue weighted by atomic mass is 35.5. The standard InChI is InChI=1S/C15H25ClN4O/c1-10(2)20(11(3)4)9-8-18-15(21)14-12(16)6-7-13(17-5)19-14/h6-7,10-11H,8-9H2,1-5H3,(H,17,19)(H,18,21). The van der Waals surface area contributed by atoms with Crippen molar-refractivity contribution >= 4 is 23.3 Å². The SMILES string of the molecule is CNc1ccc(Cl)c(C(=O)NCCN(C(C)C)C(C)C)n1. The molecule has 0 aliphatic heterocycles. The van der Waals surface area contributed by atoms with Crippen LogP contribution in [0.5, 0.6) is 0 Å². The summed E-state index contributed by atoms with van der Waals surface area (Å²) in [5, 5.41) is 6.13. The molecule has 21 heavy (non-hydrogen) atoms. The summed E-state index contributed by atoms with van der Waals surface area (Å²) in [5.74, 6) is 0.375. The first-order chi connectivity index (χ1) is 9.86. The van der Waals surface area contributed by atoms with Gasteiger partial charge in [-0.15, -0.1) is 0 Å². The van der Waals surface area contributed by atoms with Crippen LogP contribution in [0.4, 0.5) is 5.82 Å². The summed E-state index contributed by atoms with van der Waals surface area (Å²) in [7, 11) is 1.75. The van der Waals surface area contributed by atoms with E-state index in [4.69, 9.17) is 11.6 Å². The number of aromatic nitrogens is 1. The maximum atomic E-state index is 12.2. The largest absolute Gasteiger partial charge is 0.373 e. The summed E-state index contributed by atoms with van der Waals surface area (Å²) in [4.78, 5) is 18.7. The Bertz CT molecular complexity index is 469. The quantitative estimate of drug-likeness (QED) is 0.812. The number of nitrogens with zero attached hydrogens (tertiary/aromatic N) is 2. The van der Waals surface area contributed by atoms with E-state index < -0.39 is 0 Å². The van der Waals surface area contributed by atoms with Crippen molar-refractivity contribution in [1.82, 2.24) is 15.2 Å². The van der Waals surface area contributed by atoms with Crippen molar-refractivity contribution in [3.8, 4) is 0 Å². The second-order valence-electron chi connectivity index (χ2n) is 5.46. The second kappa shape index (κ2) is 8.20. The van der Waals surface area contributed by atoms with Crippen LogP contribution >= 0.6 is 11.6 Å². The van der Waals surface area contributed by atoms with Gasteiger partial charge in [0.2, 0.25) is 0 Å². The number of hydrogen-bond acceptors (Lipinski definition) is 4. The molecule has 0 radical (unpaired) electrons. The molecule has 1 aromatic rings. The predicted molar refractivity (Wildman–Crippen MR) is 88.1 cm³/mol. The fourth-order valence-corrected chi connectivity index (χ4v) is 2.43. The molecule has 0 aliphatic carbocycles. The van der Waals surface area contributed by atoms with Crippen LogP contribution in [-0.2, 0) is 0 Å². The van der Waals surface area contributed by atoms with Gasteiger partial charge < -0.3 is 10.6 Å². The number of rotatable bonds is 7. The zero-order valence-electron chi connectivity index (χ0n) is 13.4. The molecule has 6 heteroatoms. The van der Waals surface area contributed by atoms with E-state index in [0.717, 1.165) is 6.54 Å². The Hall–Kier alpha value is -1.33. The van der Waals surface area contributed by atoms with Gasteiger partial charge >= 0.3 is 0 Å². The molecule has 0 bridgehead atoms. The first-order valence-electron chi connectivity index (χ1n) is 7.25. The third kappa shape index (κ3) is 5.17. The minimum absolute atomic E-state index is 0.246. The second-order valence-corrected chi connectivity index (χ2v) is 5.87. The lowest BCUT2D eigenvalue weighted by atomic mass is 10.2. The maximum Gasteiger partial charge on any atom is 0.271 e. The van der Waals surface area contributed by atoms with Crippen molar-refractivity contribution in [2.24, 2.45) is 0 Å². The summed E-state index contributed by atoms with van der Waals surface area (Å²) in [5.41, 5.74) is 0.254. The molecule has 0 saturated heterocycles. The van der Waals surface area contributed by atoms with Crippen LogP contribution in [-0.4, -0.2) is 48.0 Å². The van der Waals surface area contributed by atoms with Crippen molar-refractivity contribution in [2.45, 2.75) is 39.8 Å². The molecule has 0 unspecified atom stereocenters. The molecule has 1 amide bonds. The summed E-state index contributed by atoms with van der Waals surface area (Å²) >= 11 is 6.03. The Morgan fingerprint density at radius 1 is 1.29 bits per heavy atom. The molecule has 1 rings (SSSR count). The van der Waals surface area contributed by atoms with E-state index in [0.29, 0.717) is 29.5 Å². The average Bonchev–Trinajstić information content (AvgIpc) is 2.43. The molecule has 118 valence electrons. The van der Waals surface area contributed by atoms with Gasteiger partial charge in [0.1, 0.15) is 11.5 Å². The van der Waals surface area contributed by atoms with Gasteiger partial charge in [-0.3, -0.25) is 9.69 Å². The number of anilines is 1. The highest BCUT2D eigenvalue weighted by molar-refractivity contribution is 6.33. The molecule has 0 aromatic carbocycles. The van der Waals surface area contributed by atoms with E-state index in [1.165, 1.54) is 0 Å². The number of amides is 1. The fraction of sp³-hybridized carbons (Fsp3) is 0.600. The molecule has 0 atom stereocenters. The Labute approximate surface area is 132 Å². The molecule has 0 aliphatic rings. The molecule has 1 aromatic heterocycles. The van der Waals surface area contributed by atoms with Crippen molar-refractivity contribution in [3.63, 3.8) is 0 Å². The average molecular weight is 313 g/mol. The third-order valence-electron chi connectivity index (χ3n) is 3.30. The molecule has 0 fully saturated rings. The van der Waals surface area contributed by atoms with Gasteiger partial charge in [-0.1, -0.05) is 11.6 Å². The van der Waals surface area contributed by atoms with Crippen LogP contribution in [0, 0.1) is 0 Å². The van der Waals surface area contributed by atoms with Crippen LogP contribution in [0.25, 0.3) is 0 Å². The van der Waals surface area contributed by atoms with Gasteiger partial charge in [0.05, 0.1) is 5.02 Å². The van der Waals surface area contributed by atoms with Gasteiger partial charge in [-0.2, -0.15) is 0 Å². The topological polar surface area (TPSA) is 57.3 Å². The number of nitrogens with one attached hydrogen (secondary N) is 2. The van der Waals surface area contributed by atoms with Crippen LogP contribution < -0.4 is 10.6 Å². The van der Waals surface area contributed by atoms with E-state index in [9.17, 15) is 4.79 Å². The van der Waals surface area contributed by atoms with Crippen LogP contribution in [0.2, 0.25) is 5.02 Å². The Morgan fingerprint density at radius 3 is 2.43 bits per heavy atom. The summed E-state index contributed by atoms with van der Waals surface area (Å²) in [6, 6.07) is 4.29. The first-order valence-corrected chi connectivity index (χ1v) is 7.62. The van der Waals surface area contributed by atoms with Crippen LogP contribution in [0.1, 0.15) is 38.2 Å². The van der Waals surface area contributed by atoms with Crippen molar-refractivity contribution in [3.05, 3.63) is 22.8 Å². The minimum atomic E-state index is -0.246. The maximum absolute atomic E-state index is 12.2. The normalized spacial score (nSPS) is 11.3. The Kier molecular flexibility index (Phi) is 6.92. The van der Waals surface area contributed by atoms with Gasteiger partial charge in [-0.25, -0.2) is 4.98 Å². The monoisotopic (exact) mass is 312 g/mol. The number of carbonyl (C=O) groups excluding carboxylic acids is 1. The van der Waals surface area contributed by atoms with E-state index in [1.807, 2.05) is 0 Å². The third-order valence-corrected chi connectivity index (χ3v) is 3.60. The highest BCUT2D eigenvalue weighted by Gasteiger charge is 2.15. The number of halogens is 1. The molecular formula is C15H25ClN4O. The van der Waals surface area contributed by atoms with Crippen LogP contribution in [0.3, 0.4) is 0 Å². The van der Waals surface area contributed by atoms with E-state index in [-0.39, 0.29) is 11.6 Å². The fourth-order valence-electron chi connectivity index (χ4n) is 2.24. The van der Waals surface area contributed by atoms with E-state index in [1.54, 1.807) is 19.2 Å². The summed E-state index contributed by atoms with van der Waals surface area (Å²) in [6.07, 6.45) is 0. The Morgan fingerprint density at radius 2 is 1.90 bits per heavy atom. The zero-order valence-corrected chi connectivity index (χ0v) is 14.2. The first kappa shape index (κ1) is 17.7. The molecular weight excluding hydrogens is 288 g/mol.